The van der Waals surface area contributed by atoms with E-state index in [1.165, 1.54) is 0 Å². The maximum Gasteiger partial charge on any atom is 0.0769 e. The lowest BCUT2D eigenvalue weighted by atomic mass is 10.0. The van der Waals surface area contributed by atoms with Gasteiger partial charge in [0.05, 0.1) is 11.2 Å². The number of hydrogen-bond acceptors (Lipinski definition) is 2. The fourth-order valence-corrected chi connectivity index (χ4v) is 2.64. The zero-order valence-corrected chi connectivity index (χ0v) is 12.1. The van der Waals surface area contributed by atoms with Crippen LogP contribution in [0.1, 0.15) is 5.56 Å². The first-order valence-electron chi connectivity index (χ1n) is 6.23. The molecule has 3 rings (SSSR count). The monoisotopic (exact) mass is 302 g/mol. The van der Waals surface area contributed by atoms with Gasteiger partial charge in [-0.25, -0.2) is 4.98 Å². The third-order valence-electron chi connectivity index (χ3n) is 3.20. The second-order valence-corrected chi connectivity index (χ2v) is 5.36. The molecule has 0 spiro atoms. The van der Waals surface area contributed by atoms with E-state index in [1.807, 2.05) is 48.5 Å². The number of fused-ring (bicyclic) bond motifs is 1. The summed E-state index contributed by atoms with van der Waals surface area (Å²) in [5.74, 6) is 0. The molecule has 100 valence electrons. The molecule has 1 heterocycles. The molecule has 0 aliphatic heterocycles. The minimum Gasteiger partial charge on any atom is -0.326 e. The molecular weight excluding hydrogens is 291 g/mol. The van der Waals surface area contributed by atoms with Crippen LogP contribution < -0.4 is 5.73 Å². The van der Waals surface area contributed by atoms with E-state index in [-0.39, 0.29) is 0 Å². The summed E-state index contributed by atoms with van der Waals surface area (Å²) < 4.78 is 0. The smallest absolute Gasteiger partial charge is 0.0769 e. The normalized spacial score (nSPS) is 10.9. The van der Waals surface area contributed by atoms with E-state index < -0.39 is 0 Å². The first kappa shape index (κ1) is 13.4. The Bertz CT molecular complexity index is 785. The van der Waals surface area contributed by atoms with E-state index in [2.05, 4.69) is 0 Å². The molecule has 0 saturated heterocycles. The number of hydrogen-bond donors (Lipinski definition) is 1. The van der Waals surface area contributed by atoms with Crippen molar-refractivity contribution in [1.82, 2.24) is 4.98 Å². The van der Waals surface area contributed by atoms with Crippen molar-refractivity contribution in [2.45, 2.75) is 6.54 Å². The van der Waals surface area contributed by atoms with Crippen molar-refractivity contribution in [3.63, 3.8) is 0 Å². The minimum absolute atomic E-state index is 0.399. The third kappa shape index (κ3) is 2.38. The Morgan fingerprint density at radius 3 is 2.55 bits per heavy atom. The van der Waals surface area contributed by atoms with E-state index in [9.17, 15) is 0 Å². The van der Waals surface area contributed by atoms with Crippen LogP contribution >= 0.6 is 23.2 Å². The van der Waals surface area contributed by atoms with Gasteiger partial charge in [0.2, 0.25) is 0 Å². The molecule has 0 saturated carbocycles. The largest absolute Gasteiger partial charge is 0.326 e. The maximum atomic E-state index is 6.26. The Morgan fingerprint density at radius 2 is 1.80 bits per heavy atom. The molecule has 2 nitrogen and oxygen atoms in total. The Labute approximate surface area is 127 Å². The Balaban J connectivity index is 2.30. The van der Waals surface area contributed by atoms with Gasteiger partial charge < -0.3 is 5.73 Å². The number of benzene rings is 2. The van der Waals surface area contributed by atoms with Gasteiger partial charge in [-0.05, 0) is 35.9 Å². The third-order valence-corrected chi connectivity index (χ3v) is 3.77. The summed E-state index contributed by atoms with van der Waals surface area (Å²) in [4.78, 5) is 4.70. The predicted octanol–water partition coefficient (Wildman–Crippen LogP) is 4.67. The van der Waals surface area contributed by atoms with Crippen LogP contribution in [0.25, 0.3) is 22.2 Å². The van der Waals surface area contributed by atoms with Gasteiger partial charge in [0.15, 0.2) is 0 Å². The van der Waals surface area contributed by atoms with E-state index in [1.54, 1.807) is 0 Å². The molecule has 0 unspecified atom stereocenters. The van der Waals surface area contributed by atoms with Gasteiger partial charge in [-0.1, -0.05) is 41.4 Å². The molecule has 0 atom stereocenters. The molecular formula is C16H12Cl2N2. The van der Waals surface area contributed by atoms with Crippen molar-refractivity contribution in [2.24, 2.45) is 5.73 Å². The van der Waals surface area contributed by atoms with Crippen LogP contribution in [0.15, 0.2) is 48.5 Å². The highest BCUT2D eigenvalue weighted by Crippen LogP contribution is 2.31. The van der Waals surface area contributed by atoms with Gasteiger partial charge in [-0.15, -0.1) is 0 Å². The summed E-state index contributed by atoms with van der Waals surface area (Å²) in [6.45, 7) is 0.399. The van der Waals surface area contributed by atoms with E-state index >= 15 is 0 Å². The highest BCUT2D eigenvalue weighted by molar-refractivity contribution is 6.33. The second kappa shape index (κ2) is 5.41. The standard InChI is InChI=1S/C16H12Cl2N2/c17-12-5-6-15-10(8-12)7-11(9-19)16(20-15)13-3-1-2-4-14(13)18/h1-8H,9,19H2. The fourth-order valence-electron chi connectivity index (χ4n) is 2.23. The summed E-state index contributed by atoms with van der Waals surface area (Å²) in [6.07, 6.45) is 0. The van der Waals surface area contributed by atoms with Crippen LogP contribution in [0.4, 0.5) is 0 Å². The molecule has 1 aromatic heterocycles. The summed E-state index contributed by atoms with van der Waals surface area (Å²) >= 11 is 12.3. The lowest BCUT2D eigenvalue weighted by molar-refractivity contribution is 1.06. The van der Waals surface area contributed by atoms with Crippen LogP contribution in [0, 0.1) is 0 Å². The van der Waals surface area contributed by atoms with E-state index in [0.29, 0.717) is 16.6 Å². The number of nitrogens with two attached hydrogens (primary N) is 1. The van der Waals surface area contributed by atoms with Crippen molar-refractivity contribution in [1.29, 1.82) is 0 Å². The Morgan fingerprint density at radius 1 is 1.00 bits per heavy atom. The van der Waals surface area contributed by atoms with Crippen LogP contribution in [0.3, 0.4) is 0 Å². The summed E-state index contributed by atoms with van der Waals surface area (Å²) in [5.41, 5.74) is 9.40. The van der Waals surface area contributed by atoms with E-state index in [4.69, 9.17) is 33.9 Å². The number of halogens is 2. The van der Waals surface area contributed by atoms with Gasteiger partial charge in [-0.2, -0.15) is 0 Å². The molecule has 2 N–H and O–H groups in total. The van der Waals surface area contributed by atoms with Crippen molar-refractivity contribution < 1.29 is 0 Å². The predicted molar refractivity (Wildman–Crippen MR) is 85.1 cm³/mol. The molecule has 0 amide bonds. The topological polar surface area (TPSA) is 38.9 Å². The lowest BCUT2D eigenvalue weighted by Crippen LogP contribution is -2.01. The van der Waals surface area contributed by atoms with Gasteiger partial charge in [0, 0.05) is 27.5 Å². The van der Waals surface area contributed by atoms with Crippen LogP contribution in [0.2, 0.25) is 10.0 Å². The summed E-state index contributed by atoms with van der Waals surface area (Å²) in [5, 5.41) is 2.34. The zero-order valence-electron chi connectivity index (χ0n) is 10.6. The fraction of sp³-hybridized carbons (Fsp3) is 0.0625. The molecule has 0 aliphatic carbocycles. The summed E-state index contributed by atoms with van der Waals surface area (Å²) in [7, 11) is 0. The maximum absolute atomic E-state index is 6.26. The zero-order chi connectivity index (χ0) is 14.1. The highest BCUT2D eigenvalue weighted by atomic mass is 35.5. The quantitative estimate of drug-likeness (QED) is 0.747. The van der Waals surface area contributed by atoms with Gasteiger partial charge in [0.1, 0.15) is 0 Å². The molecule has 0 aliphatic rings. The SMILES string of the molecule is NCc1cc2cc(Cl)ccc2nc1-c1ccccc1Cl. The number of pyridine rings is 1. The van der Waals surface area contributed by atoms with Crippen molar-refractivity contribution in [3.05, 3.63) is 64.1 Å². The van der Waals surface area contributed by atoms with Crippen LogP contribution in [-0.2, 0) is 6.54 Å². The molecule has 0 radical (unpaired) electrons. The van der Waals surface area contributed by atoms with Crippen molar-refractivity contribution in [2.75, 3.05) is 0 Å². The molecule has 4 heteroatoms. The first-order chi connectivity index (χ1) is 9.69. The number of nitrogens with zero attached hydrogens (tertiary/aromatic N) is 1. The summed E-state index contributed by atoms with van der Waals surface area (Å²) in [6, 6.07) is 15.3. The van der Waals surface area contributed by atoms with Crippen molar-refractivity contribution >= 4 is 34.1 Å². The van der Waals surface area contributed by atoms with Crippen LogP contribution in [-0.4, -0.2) is 4.98 Å². The van der Waals surface area contributed by atoms with Gasteiger partial charge in [0.25, 0.3) is 0 Å². The average molecular weight is 303 g/mol. The molecule has 2 aromatic carbocycles. The second-order valence-electron chi connectivity index (χ2n) is 4.52. The van der Waals surface area contributed by atoms with Gasteiger partial charge >= 0.3 is 0 Å². The van der Waals surface area contributed by atoms with Gasteiger partial charge in [-0.3, -0.25) is 0 Å². The highest BCUT2D eigenvalue weighted by Gasteiger charge is 2.11. The van der Waals surface area contributed by atoms with Crippen LogP contribution in [0.5, 0.6) is 0 Å². The first-order valence-corrected chi connectivity index (χ1v) is 6.99. The lowest BCUT2D eigenvalue weighted by Gasteiger charge is -2.11. The Kier molecular flexibility index (Phi) is 3.62. The van der Waals surface area contributed by atoms with E-state index in [0.717, 1.165) is 27.7 Å². The van der Waals surface area contributed by atoms with Crippen molar-refractivity contribution in [3.8, 4) is 11.3 Å². The molecule has 3 aromatic rings. The number of aromatic nitrogens is 1. The average Bonchev–Trinajstić information content (AvgIpc) is 2.46. The molecule has 0 fully saturated rings. The minimum atomic E-state index is 0.399. The molecule has 0 bridgehead atoms. The Hall–Kier alpha value is -1.61. The number of rotatable bonds is 2. The molecule has 20 heavy (non-hydrogen) atoms.